The maximum atomic E-state index is 6.23. The van der Waals surface area contributed by atoms with E-state index in [1.54, 1.807) is 0 Å². The van der Waals surface area contributed by atoms with Crippen LogP contribution < -0.4 is 9.64 Å². The fourth-order valence-electron chi connectivity index (χ4n) is 5.84. The molecule has 0 atom stereocenters. The number of nitrogens with zero attached hydrogens (tertiary/aromatic N) is 3. The minimum Gasteiger partial charge on any atom is -0.453 e. The molecular formula is C39H27N3O. The lowest BCUT2D eigenvalue weighted by molar-refractivity contribution is 0.477. The second-order valence-electron chi connectivity index (χ2n) is 10.5. The van der Waals surface area contributed by atoms with Gasteiger partial charge < -0.3 is 9.64 Å². The van der Waals surface area contributed by atoms with Gasteiger partial charge in [0.25, 0.3) is 0 Å². The van der Waals surface area contributed by atoms with Crippen LogP contribution in [0.3, 0.4) is 0 Å². The van der Waals surface area contributed by atoms with Crippen molar-refractivity contribution in [2.75, 3.05) is 4.90 Å². The summed E-state index contributed by atoms with van der Waals surface area (Å²) in [6, 6.07) is 56.4. The van der Waals surface area contributed by atoms with Crippen molar-refractivity contribution in [3.8, 4) is 51.1 Å². The molecule has 2 heterocycles. The molecule has 4 nitrogen and oxygen atoms in total. The van der Waals surface area contributed by atoms with Crippen LogP contribution in [-0.4, -0.2) is 9.55 Å². The summed E-state index contributed by atoms with van der Waals surface area (Å²) in [7, 11) is 0. The van der Waals surface area contributed by atoms with Gasteiger partial charge in [-0.3, -0.25) is 4.57 Å². The molecule has 0 fully saturated rings. The zero-order valence-electron chi connectivity index (χ0n) is 23.3. The predicted octanol–water partition coefficient (Wildman–Crippen LogP) is 10.4. The van der Waals surface area contributed by atoms with Gasteiger partial charge >= 0.3 is 0 Å². The first-order chi connectivity index (χ1) is 21.3. The number of rotatable bonds is 5. The molecule has 43 heavy (non-hydrogen) atoms. The van der Waals surface area contributed by atoms with Gasteiger partial charge in [0, 0.05) is 28.1 Å². The van der Waals surface area contributed by atoms with Crippen LogP contribution in [0.15, 0.2) is 164 Å². The molecule has 6 aromatic carbocycles. The molecule has 0 saturated carbocycles. The van der Waals surface area contributed by atoms with E-state index in [0.29, 0.717) is 0 Å². The number of hydrogen-bond donors (Lipinski definition) is 0. The highest BCUT2D eigenvalue weighted by atomic mass is 16.5. The van der Waals surface area contributed by atoms with Crippen molar-refractivity contribution in [2.45, 2.75) is 0 Å². The highest BCUT2D eigenvalue weighted by Crippen LogP contribution is 2.50. The summed E-state index contributed by atoms with van der Waals surface area (Å²) < 4.78 is 8.52. The first kappa shape index (κ1) is 24.9. The lowest BCUT2D eigenvalue weighted by atomic mass is 10.0. The molecule has 8 rings (SSSR count). The zero-order valence-corrected chi connectivity index (χ0v) is 23.3. The molecule has 0 bridgehead atoms. The van der Waals surface area contributed by atoms with Crippen LogP contribution in [0.4, 0.5) is 17.1 Å². The van der Waals surface area contributed by atoms with Crippen LogP contribution in [0.1, 0.15) is 0 Å². The van der Waals surface area contributed by atoms with Crippen LogP contribution in [-0.2, 0) is 0 Å². The number of fused-ring (bicyclic) bond motifs is 2. The molecule has 4 heteroatoms. The largest absolute Gasteiger partial charge is 0.453 e. The van der Waals surface area contributed by atoms with E-state index in [2.05, 4.69) is 125 Å². The number of imidazole rings is 1. The van der Waals surface area contributed by atoms with Crippen molar-refractivity contribution in [3.05, 3.63) is 164 Å². The quantitative estimate of drug-likeness (QED) is 0.212. The molecule has 1 aliphatic heterocycles. The third-order valence-corrected chi connectivity index (χ3v) is 7.80. The summed E-state index contributed by atoms with van der Waals surface area (Å²) in [5.41, 5.74) is 9.37. The van der Waals surface area contributed by atoms with Crippen molar-refractivity contribution in [1.29, 1.82) is 0 Å². The van der Waals surface area contributed by atoms with Gasteiger partial charge in [-0.15, -0.1) is 0 Å². The van der Waals surface area contributed by atoms with E-state index in [4.69, 9.17) is 9.72 Å². The fourth-order valence-corrected chi connectivity index (χ4v) is 5.84. The maximum Gasteiger partial charge on any atom is 0.151 e. The lowest BCUT2D eigenvalue weighted by Gasteiger charge is -2.32. The van der Waals surface area contributed by atoms with E-state index in [1.807, 2.05) is 48.5 Å². The summed E-state index contributed by atoms with van der Waals surface area (Å²) in [6.45, 7) is 0. The summed E-state index contributed by atoms with van der Waals surface area (Å²) >= 11 is 0. The van der Waals surface area contributed by atoms with Crippen LogP contribution >= 0.6 is 0 Å². The normalized spacial score (nSPS) is 11.9. The van der Waals surface area contributed by atoms with Crippen LogP contribution in [0.5, 0.6) is 11.5 Å². The lowest BCUT2D eigenvalue weighted by Crippen LogP contribution is -2.15. The maximum absolute atomic E-state index is 6.23. The van der Waals surface area contributed by atoms with Crippen molar-refractivity contribution >= 4 is 17.1 Å². The third-order valence-electron chi connectivity index (χ3n) is 7.80. The molecular weight excluding hydrogens is 526 g/mol. The topological polar surface area (TPSA) is 30.3 Å². The van der Waals surface area contributed by atoms with Crippen LogP contribution in [0.25, 0.3) is 39.6 Å². The molecule has 0 N–H and O–H groups in total. The molecule has 7 aromatic rings. The Morgan fingerprint density at radius 2 is 0.930 bits per heavy atom. The Labute approximate surface area is 250 Å². The summed E-state index contributed by atoms with van der Waals surface area (Å²) in [4.78, 5) is 7.60. The smallest absolute Gasteiger partial charge is 0.151 e. The number of ether oxygens (including phenoxy) is 1. The highest BCUT2D eigenvalue weighted by Gasteiger charge is 2.26. The summed E-state index contributed by atoms with van der Waals surface area (Å²) in [5, 5.41) is 0. The minimum atomic E-state index is 0.838. The van der Waals surface area contributed by atoms with E-state index in [9.17, 15) is 0 Å². The Bertz CT molecular complexity index is 1990. The second kappa shape index (κ2) is 10.5. The van der Waals surface area contributed by atoms with Gasteiger partial charge in [0.15, 0.2) is 11.5 Å². The van der Waals surface area contributed by atoms with Crippen molar-refractivity contribution < 1.29 is 4.74 Å². The minimum absolute atomic E-state index is 0.838. The standard InChI is InChI=1S/C39H27N3O/c1-4-14-28(15-5-1)37-38(29-16-6-2-7-17-29)42(31-18-8-3-9-19-31)39(40-37)30-24-26-32(27-25-30)41-33-20-10-12-22-35(33)43-36-23-13-11-21-34(36)41/h1-27H. The van der Waals surface area contributed by atoms with Crippen LogP contribution in [0.2, 0.25) is 0 Å². The monoisotopic (exact) mass is 553 g/mol. The number of aromatic nitrogens is 2. The van der Waals surface area contributed by atoms with E-state index < -0.39 is 0 Å². The number of benzene rings is 6. The Morgan fingerprint density at radius 3 is 1.53 bits per heavy atom. The van der Waals surface area contributed by atoms with Crippen LogP contribution in [0, 0.1) is 0 Å². The fraction of sp³-hybridized carbons (Fsp3) is 0. The van der Waals surface area contributed by atoms with E-state index in [-0.39, 0.29) is 0 Å². The average molecular weight is 554 g/mol. The number of hydrogen-bond acceptors (Lipinski definition) is 3. The summed E-state index contributed by atoms with van der Waals surface area (Å²) in [5.74, 6) is 2.56. The van der Waals surface area contributed by atoms with Gasteiger partial charge in [0.2, 0.25) is 0 Å². The molecule has 204 valence electrons. The Kier molecular flexibility index (Phi) is 6.08. The molecule has 0 spiro atoms. The molecule has 1 aliphatic rings. The molecule has 0 radical (unpaired) electrons. The van der Waals surface area contributed by atoms with Gasteiger partial charge in [-0.05, 0) is 60.7 Å². The molecule has 0 amide bonds. The van der Waals surface area contributed by atoms with Crippen molar-refractivity contribution in [3.63, 3.8) is 0 Å². The SMILES string of the molecule is c1ccc(-c2nc(-c3ccc(N4c5ccccc5Oc5ccccc54)cc3)n(-c3ccccc3)c2-c2ccccc2)cc1. The summed E-state index contributed by atoms with van der Waals surface area (Å²) in [6.07, 6.45) is 0. The predicted molar refractivity (Wildman–Crippen MR) is 175 cm³/mol. The molecule has 0 unspecified atom stereocenters. The van der Waals surface area contributed by atoms with Crippen molar-refractivity contribution in [1.82, 2.24) is 9.55 Å². The Balaban J connectivity index is 1.32. The van der Waals surface area contributed by atoms with Gasteiger partial charge in [-0.1, -0.05) is 103 Å². The highest BCUT2D eigenvalue weighted by molar-refractivity contribution is 5.88. The second-order valence-corrected chi connectivity index (χ2v) is 10.5. The molecule has 0 saturated heterocycles. The van der Waals surface area contributed by atoms with E-state index in [1.165, 1.54) is 0 Å². The van der Waals surface area contributed by atoms with Gasteiger partial charge in [0.1, 0.15) is 5.82 Å². The van der Waals surface area contributed by atoms with Gasteiger partial charge in [-0.2, -0.15) is 0 Å². The molecule has 1 aromatic heterocycles. The number of para-hydroxylation sites is 5. The Hall–Kier alpha value is -5.87. The molecule has 0 aliphatic carbocycles. The van der Waals surface area contributed by atoms with Gasteiger partial charge in [-0.25, -0.2) is 4.98 Å². The Morgan fingerprint density at radius 1 is 0.419 bits per heavy atom. The van der Waals surface area contributed by atoms with E-state index >= 15 is 0 Å². The van der Waals surface area contributed by atoms with E-state index in [0.717, 1.165) is 68.2 Å². The zero-order chi connectivity index (χ0) is 28.6. The van der Waals surface area contributed by atoms with Gasteiger partial charge in [0.05, 0.1) is 22.8 Å². The first-order valence-electron chi connectivity index (χ1n) is 14.4. The third kappa shape index (κ3) is 4.37. The van der Waals surface area contributed by atoms with Crippen molar-refractivity contribution in [2.24, 2.45) is 0 Å². The first-order valence-corrected chi connectivity index (χ1v) is 14.4. The average Bonchev–Trinajstić information content (AvgIpc) is 3.49. The number of anilines is 3.